The molecule has 0 aliphatic heterocycles. The van der Waals surface area contributed by atoms with E-state index in [0.29, 0.717) is 11.1 Å². The number of carbonyl (C=O) groups is 1. The van der Waals surface area contributed by atoms with E-state index in [4.69, 9.17) is 4.74 Å². The molecule has 2 rings (SSSR count). The van der Waals surface area contributed by atoms with Crippen molar-refractivity contribution in [1.29, 1.82) is 0 Å². The second kappa shape index (κ2) is 5.81. The lowest BCUT2D eigenvalue weighted by atomic mass is 10.0. The summed E-state index contributed by atoms with van der Waals surface area (Å²) in [5.41, 5.74) is 1.96. The SMILES string of the molecule is COc1cc(-c2ccc(C)cc2)c(S(C)(=O)=O)cc1C(=O)O. The predicted octanol–water partition coefficient (Wildman–Crippen LogP) is 2.77. The minimum Gasteiger partial charge on any atom is -0.496 e. The number of aryl methyl sites for hydroxylation is 1. The molecule has 6 heteroatoms. The van der Waals surface area contributed by atoms with Gasteiger partial charge in [0.1, 0.15) is 11.3 Å². The summed E-state index contributed by atoms with van der Waals surface area (Å²) in [4.78, 5) is 11.2. The van der Waals surface area contributed by atoms with Crippen LogP contribution in [0.15, 0.2) is 41.3 Å². The fourth-order valence-electron chi connectivity index (χ4n) is 2.16. The molecule has 2 aromatic carbocycles. The van der Waals surface area contributed by atoms with Crippen LogP contribution in [0.25, 0.3) is 11.1 Å². The summed E-state index contributed by atoms with van der Waals surface area (Å²) < 4.78 is 29.2. The van der Waals surface area contributed by atoms with Crippen molar-refractivity contribution in [3.8, 4) is 16.9 Å². The van der Waals surface area contributed by atoms with Gasteiger partial charge in [0.2, 0.25) is 0 Å². The zero-order valence-electron chi connectivity index (χ0n) is 12.5. The minimum absolute atomic E-state index is 0.0328. The number of carboxylic acids is 1. The van der Waals surface area contributed by atoms with E-state index >= 15 is 0 Å². The van der Waals surface area contributed by atoms with Crippen molar-refractivity contribution in [2.45, 2.75) is 11.8 Å². The average molecular weight is 320 g/mol. The molecule has 5 nitrogen and oxygen atoms in total. The molecule has 0 atom stereocenters. The van der Waals surface area contributed by atoms with Gasteiger partial charge in [0, 0.05) is 11.8 Å². The Bertz CT molecular complexity index is 820. The first-order valence-corrected chi connectivity index (χ1v) is 8.35. The molecule has 116 valence electrons. The van der Waals surface area contributed by atoms with Gasteiger partial charge in [0.05, 0.1) is 12.0 Å². The van der Waals surface area contributed by atoms with Crippen LogP contribution >= 0.6 is 0 Å². The van der Waals surface area contributed by atoms with Crippen LogP contribution in [0.3, 0.4) is 0 Å². The lowest BCUT2D eigenvalue weighted by Gasteiger charge is -2.13. The molecule has 0 aromatic heterocycles. The maximum absolute atomic E-state index is 12.0. The highest BCUT2D eigenvalue weighted by Crippen LogP contribution is 2.34. The Morgan fingerprint density at radius 2 is 1.73 bits per heavy atom. The van der Waals surface area contributed by atoms with Crippen molar-refractivity contribution < 1.29 is 23.1 Å². The van der Waals surface area contributed by atoms with E-state index in [2.05, 4.69) is 0 Å². The third-order valence-corrected chi connectivity index (χ3v) is 4.43. The van der Waals surface area contributed by atoms with Gasteiger partial charge in [0.15, 0.2) is 9.84 Å². The normalized spacial score (nSPS) is 11.2. The van der Waals surface area contributed by atoms with E-state index in [-0.39, 0.29) is 16.2 Å². The Morgan fingerprint density at radius 1 is 1.14 bits per heavy atom. The Labute approximate surface area is 129 Å². The van der Waals surface area contributed by atoms with Crippen molar-refractivity contribution in [1.82, 2.24) is 0 Å². The third kappa shape index (κ3) is 3.12. The van der Waals surface area contributed by atoms with Crippen LogP contribution in [0, 0.1) is 6.92 Å². The van der Waals surface area contributed by atoms with Gasteiger partial charge in [-0.05, 0) is 24.6 Å². The number of sulfone groups is 1. The number of hydrogen-bond donors (Lipinski definition) is 1. The average Bonchev–Trinajstić information content (AvgIpc) is 2.45. The first kappa shape index (κ1) is 16.0. The maximum Gasteiger partial charge on any atom is 0.339 e. The molecule has 0 spiro atoms. The summed E-state index contributed by atoms with van der Waals surface area (Å²) in [5.74, 6) is -1.12. The van der Waals surface area contributed by atoms with Crippen molar-refractivity contribution in [2.75, 3.05) is 13.4 Å². The van der Waals surface area contributed by atoms with Crippen LogP contribution < -0.4 is 4.74 Å². The topological polar surface area (TPSA) is 80.7 Å². The smallest absolute Gasteiger partial charge is 0.339 e. The second-order valence-corrected chi connectivity index (χ2v) is 6.98. The Hall–Kier alpha value is -2.34. The van der Waals surface area contributed by atoms with Gasteiger partial charge in [-0.2, -0.15) is 0 Å². The number of hydrogen-bond acceptors (Lipinski definition) is 4. The van der Waals surface area contributed by atoms with Crippen LogP contribution in [-0.4, -0.2) is 32.9 Å². The number of carboxylic acid groups (broad SMARTS) is 1. The standard InChI is InChI=1S/C16H16O5S/c1-10-4-6-11(7-5-10)12-8-14(21-2)13(16(17)18)9-15(12)22(3,19)20/h4-9H,1-3H3,(H,17,18). The number of methoxy groups -OCH3 is 1. The largest absolute Gasteiger partial charge is 0.496 e. The highest BCUT2D eigenvalue weighted by Gasteiger charge is 2.21. The molecule has 0 amide bonds. The first-order chi connectivity index (χ1) is 10.2. The van der Waals surface area contributed by atoms with Gasteiger partial charge in [0.25, 0.3) is 0 Å². The molecular weight excluding hydrogens is 304 g/mol. The number of rotatable bonds is 4. The molecule has 0 saturated carbocycles. The molecule has 22 heavy (non-hydrogen) atoms. The second-order valence-electron chi connectivity index (χ2n) is 4.99. The van der Waals surface area contributed by atoms with E-state index in [9.17, 15) is 18.3 Å². The fraction of sp³-hybridized carbons (Fsp3) is 0.188. The van der Waals surface area contributed by atoms with Gasteiger partial charge >= 0.3 is 5.97 Å². The summed E-state index contributed by atoms with van der Waals surface area (Å²) in [7, 11) is -2.24. The van der Waals surface area contributed by atoms with E-state index in [1.807, 2.05) is 19.1 Å². The Kier molecular flexibility index (Phi) is 4.23. The highest BCUT2D eigenvalue weighted by atomic mass is 32.2. The summed E-state index contributed by atoms with van der Waals surface area (Å²) in [6, 6.07) is 9.90. The molecule has 0 radical (unpaired) electrons. The van der Waals surface area contributed by atoms with E-state index in [1.165, 1.54) is 13.2 Å². The predicted molar refractivity (Wildman–Crippen MR) is 83.2 cm³/mol. The molecule has 2 aromatic rings. The van der Waals surface area contributed by atoms with Crippen molar-refractivity contribution in [2.24, 2.45) is 0 Å². The summed E-state index contributed by atoms with van der Waals surface area (Å²) in [6.07, 6.45) is 1.05. The van der Waals surface area contributed by atoms with Gasteiger partial charge < -0.3 is 9.84 Å². The lowest BCUT2D eigenvalue weighted by molar-refractivity contribution is 0.0693. The third-order valence-electron chi connectivity index (χ3n) is 3.29. The van der Waals surface area contributed by atoms with E-state index < -0.39 is 15.8 Å². The maximum atomic E-state index is 12.0. The zero-order chi connectivity index (χ0) is 16.5. The fourth-order valence-corrected chi connectivity index (χ4v) is 3.07. The van der Waals surface area contributed by atoms with E-state index in [0.717, 1.165) is 17.9 Å². The molecule has 0 aliphatic rings. The number of aromatic carboxylic acids is 1. The summed E-state index contributed by atoms with van der Waals surface area (Å²) in [5, 5.41) is 9.21. The van der Waals surface area contributed by atoms with Crippen LogP contribution in [0.5, 0.6) is 5.75 Å². The van der Waals surface area contributed by atoms with Gasteiger partial charge in [-0.3, -0.25) is 0 Å². The molecule has 0 unspecified atom stereocenters. The monoisotopic (exact) mass is 320 g/mol. The van der Waals surface area contributed by atoms with Crippen LogP contribution in [-0.2, 0) is 9.84 Å². The number of benzene rings is 2. The Morgan fingerprint density at radius 3 is 2.18 bits per heavy atom. The molecule has 0 fully saturated rings. The molecule has 0 aliphatic carbocycles. The molecule has 1 N–H and O–H groups in total. The summed E-state index contributed by atoms with van der Waals surface area (Å²) >= 11 is 0. The van der Waals surface area contributed by atoms with Crippen LogP contribution in [0.2, 0.25) is 0 Å². The van der Waals surface area contributed by atoms with Gasteiger partial charge in [-0.25, -0.2) is 13.2 Å². The van der Waals surface area contributed by atoms with E-state index in [1.54, 1.807) is 12.1 Å². The molecular formula is C16H16O5S. The van der Waals surface area contributed by atoms with Crippen molar-refractivity contribution in [3.63, 3.8) is 0 Å². The highest BCUT2D eigenvalue weighted by molar-refractivity contribution is 7.90. The van der Waals surface area contributed by atoms with Crippen molar-refractivity contribution >= 4 is 15.8 Å². The van der Waals surface area contributed by atoms with Crippen LogP contribution in [0.4, 0.5) is 0 Å². The lowest BCUT2D eigenvalue weighted by Crippen LogP contribution is -2.06. The van der Waals surface area contributed by atoms with Crippen LogP contribution in [0.1, 0.15) is 15.9 Å². The molecule has 0 heterocycles. The summed E-state index contributed by atoms with van der Waals surface area (Å²) in [6.45, 7) is 1.93. The quantitative estimate of drug-likeness (QED) is 0.937. The van der Waals surface area contributed by atoms with Crippen molar-refractivity contribution in [3.05, 3.63) is 47.5 Å². The minimum atomic E-state index is -3.59. The van der Waals surface area contributed by atoms with Gasteiger partial charge in [-0.15, -0.1) is 0 Å². The molecule has 0 saturated heterocycles. The molecule has 0 bridgehead atoms. The van der Waals surface area contributed by atoms with Gasteiger partial charge in [-0.1, -0.05) is 29.8 Å². The first-order valence-electron chi connectivity index (χ1n) is 6.46. The zero-order valence-corrected chi connectivity index (χ0v) is 13.3. The number of ether oxygens (including phenoxy) is 1. The Balaban J connectivity index is 2.81.